The number of para-hydroxylation sites is 1. The molecule has 6 rings (SSSR count). The fraction of sp³-hybridized carbons (Fsp3) is 0.267. The summed E-state index contributed by atoms with van der Waals surface area (Å²) in [7, 11) is 0. The number of Topliss-reactive ketones (excluding diaryl/α,β-unsaturated/α-hetero) is 1. The predicted octanol–water partition coefficient (Wildman–Crippen LogP) is 4.02. The first-order valence-corrected chi connectivity index (χ1v) is 13.4. The van der Waals surface area contributed by atoms with Gasteiger partial charge in [0, 0.05) is 23.1 Å². The van der Waals surface area contributed by atoms with E-state index in [4.69, 9.17) is 9.84 Å². The van der Waals surface area contributed by atoms with Crippen molar-refractivity contribution in [2.75, 3.05) is 18.1 Å². The predicted molar refractivity (Wildman–Crippen MR) is 143 cm³/mol. The van der Waals surface area contributed by atoms with Crippen molar-refractivity contribution >= 4 is 45.0 Å². The van der Waals surface area contributed by atoms with Crippen molar-refractivity contribution in [3.63, 3.8) is 0 Å². The van der Waals surface area contributed by atoms with Crippen molar-refractivity contribution in [3.8, 4) is 5.75 Å². The molecule has 0 aromatic heterocycles. The molecule has 2 aromatic carbocycles. The first-order chi connectivity index (χ1) is 18.4. The largest absolute Gasteiger partial charge is 0.491 e. The fourth-order valence-electron chi connectivity index (χ4n) is 6.34. The van der Waals surface area contributed by atoms with Crippen LogP contribution in [0.2, 0.25) is 0 Å². The minimum Gasteiger partial charge on any atom is -0.491 e. The van der Waals surface area contributed by atoms with Gasteiger partial charge in [-0.1, -0.05) is 42.0 Å². The van der Waals surface area contributed by atoms with Crippen LogP contribution in [0.15, 0.2) is 88.0 Å². The van der Waals surface area contributed by atoms with Crippen LogP contribution < -0.4 is 9.64 Å². The maximum Gasteiger partial charge on any atom is 0.238 e. The van der Waals surface area contributed by atoms with Crippen molar-refractivity contribution in [2.24, 2.45) is 17.8 Å². The summed E-state index contributed by atoms with van der Waals surface area (Å²) in [6, 6.07) is 16.1. The molecule has 1 fully saturated rings. The van der Waals surface area contributed by atoms with E-state index in [0.717, 1.165) is 11.1 Å². The lowest BCUT2D eigenvalue weighted by atomic mass is 9.59. The summed E-state index contributed by atoms with van der Waals surface area (Å²) in [6.07, 6.45) is 3.94. The third-order valence-corrected chi connectivity index (χ3v) is 8.51. The Hall–Kier alpha value is -3.62. The first kappa shape index (κ1) is 24.7. The molecule has 1 saturated heterocycles. The van der Waals surface area contributed by atoms with Gasteiger partial charge in [0.2, 0.25) is 11.8 Å². The summed E-state index contributed by atoms with van der Waals surface area (Å²) in [5.74, 6) is -2.44. The second kappa shape index (κ2) is 9.60. The van der Waals surface area contributed by atoms with Gasteiger partial charge in [0.05, 0.1) is 28.6 Å². The van der Waals surface area contributed by atoms with Gasteiger partial charge in [-0.25, -0.2) is 0 Å². The summed E-state index contributed by atoms with van der Waals surface area (Å²) in [4.78, 5) is 55.2. The maximum absolute atomic E-state index is 13.8. The molecule has 1 aliphatic heterocycles. The molecule has 0 saturated carbocycles. The number of benzene rings is 2. The van der Waals surface area contributed by atoms with E-state index in [9.17, 15) is 19.2 Å². The number of ketones is 2. The van der Waals surface area contributed by atoms with Gasteiger partial charge in [-0.2, -0.15) is 0 Å². The number of imide groups is 1. The van der Waals surface area contributed by atoms with Crippen molar-refractivity contribution in [1.29, 1.82) is 0 Å². The second-order valence-electron chi connectivity index (χ2n) is 9.88. The van der Waals surface area contributed by atoms with Crippen LogP contribution in [0.3, 0.4) is 0 Å². The van der Waals surface area contributed by atoms with Crippen LogP contribution in [0.5, 0.6) is 5.75 Å². The van der Waals surface area contributed by atoms with E-state index in [1.165, 1.54) is 11.0 Å². The average Bonchev–Trinajstić information content (AvgIpc) is 3.19. The number of anilines is 1. The average molecular weight is 574 g/mol. The van der Waals surface area contributed by atoms with E-state index >= 15 is 0 Å². The molecule has 4 atom stereocenters. The van der Waals surface area contributed by atoms with Crippen LogP contribution in [0, 0.1) is 17.8 Å². The highest BCUT2D eigenvalue weighted by Crippen LogP contribution is 2.55. The third kappa shape index (κ3) is 3.82. The Labute approximate surface area is 227 Å². The number of halogens is 1. The molecule has 2 aromatic rings. The number of aliphatic hydroxyl groups is 1. The molecular weight excluding hydrogens is 550 g/mol. The van der Waals surface area contributed by atoms with E-state index in [1.807, 2.05) is 24.3 Å². The molecule has 3 aliphatic carbocycles. The Balaban J connectivity index is 1.44. The summed E-state index contributed by atoms with van der Waals surface area (Å²) in [6.45, 7) is 0.0521. The number of rotatable bonds is 5. The zero-order chi connectivity index (χ0) is 26.6. The molecule has 38 heavy (non-hydrogen) atoms. The van der Waals surface area contributed by atoms with Gasteiger partial charge in [-0.3, -0.25) is 24.1 Å². The van der Waals surface area contributed by atoms with Gasteiger partial charge in [0.1, 0.15) is 12.4 Å². The molecule has 7 nitrogen and oxygen atoms in total. The van der Waals surface area contributed by atoms with E-state index in [-0.39, 0.29) is 53.4 Å². The van der Waals surface area contributed by atoms with Gasteiger partial charge < -0.3 is 9.84 Å². The van der Waals surface area contributed by atoms with Crippen molar-refractivity contribution in [3.05, 3.63) is 93.5 Å². The van der Waals surface area contributed by atoms with Crippen molar-refractivity contribution in [2.45, 2.75) is 18.8 Å². The van der Waals surface area contributed by atoms with E-state index in [0.29, 0.717) is 29.0 Å². The number of carbonyl (C=O) groups is 4. The molecule has 192 valence electrons. The van der Waals surface area contributed by atoms with Crippen LogP contribution in [0.4, 0.5) is 5.69 Å². The molecule has 2 amide bonds. The Morgan fingerprint density at radius 3 is 2.39 bits per heavy atom. The number of aliphatic hydroxyl groups excluding tert-OH is 1. The Morgan fingerprint density at radius 1 is 0.947 bits per heavy atom. The standard InChI is InChI=1S/C30H24BrNO6/c31-23-15-24(34)27-22(28(23)35)14-21-19(25(27)16-6-8-18(9-7-16)38-13-12-33)10-11-20-26(21)30(37)32(29(20)36)17-4-2-1-3-5-17/h1-10,15,20-21,25-26,33H,11-14H2. The minimum absolute atomic E-state index is 0.109. The molecule has 8 heteroatoms. The molecule has 1 N–H and O–H groups in total. The molecule has 4 unspecified atom stereocenters. The number of allylic oxidation sites excluding steroid dienone is 6. The lowest BCUT2D eigenvalue weighted by molar-refractivity contribution is -0.123. The summed E-state index contributed by atoms with van der Waals surface area (Å²) >= 11 is 3.25. The van der Waals surface area contributed by atoms with E-state index in [2.05, 4.69) is 15.9 Å². The van der Waals surface area contributed by atoms with E-state index < -0.39 is 17.8 Å². The highest BCUT2D eigenvalue weighted by atomic mass is 79.9. The van der Waals surface area contributed by atoms with Crippen molar-refractivity contribution in [1.82, 2.24) is 0 Å². The van der Waals surface area contributed by atoms with Gasteiger partial charge in [-0.05, 0) is 64.5 Å². The summed E-state index contributed by atoms with van der Waals surface area (Å²) in [5, 5.41) is 9.05. The lowest BCUT2D eigenvalue weighted by Gasteiger charge is -2.42. The quantitative estimate of drug-likeness (QED) is 0.329. The highest BCUT2D eigenvalue weighted by molar-refractivity contribution is 9.12. The highest BCUT2D eigenvalue weighted by Gasteiger charge is 2.56. The molecular formula is C30H24BrNO6. The van der Waals surface area contributed by atoms with Crippen LogP contribution in [0.25, 0.3) is 0 Å². The van der Waals surface area contributed by atoms with Crippen molar-refractivity contribution < 1.29 is 29.0 Å². The van der Waals surface area contributed by atoms with Gasteiger partial charge >= 0.3 is 0 Å². The molecule has 1 heterocycles. The van der Waals surface area contributed by atoms with Gasteiger partial charge in [0.25, 0.3) is 0 Å². The van der Waals surface area contributed by atoms with Crippen LogP contribution in [-0.4, -0.2) is 41.7 Å². The third-order valence-electron chi connectivity index (χ3n) is 7.92. The Kier molecular flexibility index (Phi) is 6.24. The summed E-state index contributed by atoms with van der Waals surface area (Å²) in [5.41, 5.74) is 3.07. The van der Waals surface area contributed by atoms with Gasteiger partial charge in [-0.15, -0.1) is 0 Å². The zero-order valence-electron chi connectivity index (χ0n) is 20.3. The molecule has 0 radical (unpaired) electrons. The number of ether oxygens (including phenoxy) is 1. The molecule has 0 spiro atoms. The van der Waals surface area contributed by atoms with Gasteiger partial charge in [0.15, 0.2) is 11.6 Å². The lowest BCUT2D eigenvalue weighted by Crippen LogP contribution is -2.39. The number of hydrogen-bond acceptors (Lipinski definition) is 6. The Morgan fingerprint density at radius 2 is 1.68 bits per heavy atom. The summed E-state index contributed by atoms with van der Waals surface area (Å²) < 4.78 is 5.70. The Bertz CT molecular complexity index is 1460. The smallest absolute Gasteiger partial charge is 0.238 e. The number of fused-ring (bicyclic) bond motifs is 3. The molecule has 4 aliphatic rings. The monoisotopic (exact) mass is 573 g/mol. The zero-order valence-corrected chi connectivity index (χ0v) is 21.9. The normalized spacial score (nSPS) is 26.5. The van der Waals surface area contributed by atoms with Crippen LogP contribution in [-0.2, 0) is 19.2 Å². The molecule has 0 bridgehead atoms. The van der Waals surface area contributed by atoms with Crippen LogP contribution >= 0.6 is 15.9 Å². The number of nitrogens with zero attached hydrogens (tertiary/aromatic N) is 1. The first-order valence-electron chi connectivity index (χ1n) is 12.6. The number of carbonyl (C=O) groups excluding carboxylic acids is 4. The topological polar surface area (TPSA) is 101 Å². The number of amides is 2. The minimum atomic E-state index is -0.612. The van der Waals surface area contributed by atoms with Crippen LogP contribution in [0.1, 0.15) is 24.3 Å². The maximum atomic E-state index is 13.8. The number of hydrogen-bond donors (Lipinski definition) is 1. The van der Waals surface area contributed by atoms with E-state index in [1.54, 1.807) is 36.4 Å². The SMILES string of the molecule is O=C1C=C(Br)C(=O)C2=C1C(c1ccc(OCCO)cc1)C1=CCC3C(=O)N(c4ccccc4)C(=O)C3C1C2. The second-order valence-corrected chi connectivity index (χ2v) is 10.7. The fourth-order valence-corrected chi connectivity index (χ4v) is 6.78.